The van der Waals surface area contributed by atoms with Crippen LogP contribution in [0.15, 0.2) is 35.6 Å². The molecular weight excluding hydrogens is 542 g/mol. The number of hydrogen-bond donors (Lipinski definition) is 3. The first-order chi connectivity index (χ1) is 20.8. The molecule has 0 bridgehead atoms. The first kappa shape index (κ1) is 33.0. The van der Waals surface area contributed by atoms with E-state index in [0.29, 0.717) is 29.5 Å². The number of hydrogen-bond acceptors (Lipinski definition) is 6. The number of aryl methyl sites for hydroxylation is 1. The third-order valence-electron chi connectivity index (χ3n) is 8.80. The molecular formula is C35H51N3O5. The highest BCUT2D eigenvalue weighted by molar-refractivity contribution is 5.94. The van der Waals surface area contributed by atoms with E-state index in [1.807, 2.05) is 31.2 Å². The summed E-state index contributed by atoms with van der Waals surface area (Å²) in [5, 5.41) is 6.73. The summed E-state index contributed by atoms with van der Waals surface area (Å²) in [5.41, 5.74) is 4.71. The smallest absolute Gasteiger partial charge is 0.254 e. The van der Waals surface area contributed by atoms with Gasteiger partial charge < -0.3 is 24.5 Å². The molecule has 4 atom stereocenters. The highest BCUT2D eigenvalue weighted by atomic mass is 16.5. The zero-order chi connectivity index (χ0) is 30.9. The van der Waals surface area contributed by atoms with E-state index in [4.69, 9.17) is 14.2 Å². The molecule has 1 aromatic heterocycles. The lowest BCUT2D eigenvalue weighted by Gasteiger charge is -2.37. The Morgan fingerprint density at radius 1 is 1.09 bits per heavy atom. The van der Waals surface area contributed by atoms with Gasteiger partial charge in [0.05, 0.1) is 11.7 Å². The highest BCUT2D eigenvalue weighted by Crippen LogP contribution is 2.38. The van der Waals surface area contributed by atoms with Gasteiger partial charge in [-0.2, -0.15) is 0 Å². The normalized spacial score (nSPS) is 20.9. The number of ether oxygens (including phenoxy) is 3. The number of benzene rings is 1. The molecule has 236 valence electrons. The highest BCUT2D eigenvalue weighted by Gasteiger charge is 2.34. The van der Waals surface area contributed by atoms with Gasteiger partial charge >= 0.3 is 0 Å². The number of nitrogens with one attached hydrogen (secondary N) is 3. The van der Waals surface area contributed by atoms with Gasteiger partial charge in [0.25, 0.3) is 11.5 Å². The molecule has 1 amide bonds. The van der Waals surface area contributed by atoms with Gasteiger partial charge in [0.2, 0.25) is 0 Å². The molecule has 0 spiro atoms. The SMILES string of the molecule is C=C(c1c(CCCC)[nH]c(=O)c(C)c1O[C@H]1NC(C)CCC1c1ccc(C(=O)NC2CC2)cc1)C(CCCCOC)OC. The second-order valence-corrected chi connectivity index (χ2v) is 12.3. The van der Waals surface area contributed by atoms with Gasteiger partial charge in [-0.1, -0.05) is 32.1 Å². The average molecular weight is 594 g/mol. The summed E-state index contributed by atoms with van der Waals surface area (Å²) in [6.07, 6.45) is 8.80. The zero-order valence-electron chi connectivity index (χ0n) is 26.7. The molecule has 4 rings (SSSR count). The van der Waals surface area contributed by atoms with Gasteiger partial charge in [0.1, 0.15) is 5.75 Å². The van der Waals surface area contributed by atoms with Crippen molar-refractivity contribution in [1.82, 2.24) is 15.6 Å². The molecule has 2 aromatic rings. The van der Waals surface area contributed by atoms with Gasteiger partial charge in [-0.05, 0) is 94.9 Å². The summed E-state index contributed by atoms with van der Waals surface area (Å²) < 4.78 is 18.1. The molecule has 3 unspecified atom stereocenters. The van der Waals surface area contributed by atoms with Crippen LogP contribution in [0.3, 0.4) is 0 Å². The van der Waals surface area contributed by atoms with Crippen LogP contribution >= 0.6 is 0 Å². The van der Waals surface area contributed by atoms with Crippen LogP contribution in [0.2, 0.25) is 0 Å². The predicted octanol–water partition coefficient (Wildman–Crippen LogP) is 6.02. The first-order valence-corrected chi connectivity index (χ1v) is 16.1. The van der Waals surface area contributed by atoms with E-state index < -0.39 is 0 Å². The summed E-state index contributed by atoms with van der Waals surface area (Å²) in [7, 11) is 3.43. The molecule has 2 fully saturated rings. The van der Waals surface area contributed by atoms with Crippen molar-refractivity contribution in [3.05, 3.63) is 69.1 Å². The van der Waals surface area contributed by atoms with E-state index in [2.05, 4.69) is 36.0 Å². The Bertz CT molecular complexity index is 1280. The maximum Gasteiger partial charge on any atom is 0.254 e. The van der Waals surface area contributed by atoms with Crippen LogP contribution in [-0.2, 0) is 15.9 Å². The molecule has 2 aliphatic rings. The number of pyridine rings is 1. The molecule has 8 heteroatoms. The molecule has 1 saturated heterocycles. The lowest BCUT2D eigenvalue weighted by Crippen LogP contribution is -2.49. The fraction of sp³-hybridized carbons (Fsp3) is 0.600. The van der Waals surface area contributed by atoms with E-state index in [1.165, 1.54) is 0 Å². The molecule has 43 heavy (non-hydrogen) atoms. The Kier molecular flexibility index (Phi) is 12.0. The summed E-state index contributed by atoms with van der Waals surface area (Å²) in [5.74, 6) is 0.604. The maximum atomic E-state index is 13.3. The van der Waals surface area contributed by atoms with Gasteiger partial charge in [-0.15, -0.1) is 0 Å². The van der Waals surface area contributed by atoms with Crippen LogP contribution in [-0.4, -0.2) is 56.1 Å². The van der Waals surface area contributed by atoms with Gasteiger partial charge in [-0.25, -0.2) is 0 Å². The fourth-order valence-electron chi connectivity index (χ4n) is 5.94. The number of carbonyl (C=O) groups excluding carboxylic acids is 1. The first-order valence-electron chi connectivity index (χ1n) is 16.1. The molecule has 8 nitrogen and oxygen atoms in total. The van der Waals surface area contributed by atoms with E-state index in [9.17, 15) is 9.59 Å². The summed E-state index contributed by atoms with van der Waals surface area (Å²) in [6, 6.07) is 8.47. The summed E-state index contributed by atoms with van der Waals surface area (Å²) in [4.78, 5) is 29.0. The van der Waals surface area contributed by atoms with E-state index in [1.54, 1.807) is 14.2 Å². The van der Waals surface area contributed by atoms with Crippen molar-refractivity contribution < 1.29 is 19.0 Å². The second-order valence-electron chi connectivity index (χ2n) is 12.3. The van der Waals surface area contributed by atoms with Crippen molar-refractivity contribution in [2.75, 3.05) is 20.8 Å². The van der Waals surface area contributed by atoms with Crippen molar-refractivity contribution in [3.63, 3.8) is 0 Å². The molecule has 1 aliphatic carbocycles. The second kappa shape index (κ2) is 15.7. The number of carbonyl (C=O) groups is 1. The van der Waals surface area contributed by atoms with Crippen LogP contribution in [0, 0.1) is 6.92 Å². The number of aromatic nitrogens is 1. The Morgan fingerprint density at radius 2 is 1.84 bits per heavy atom. The zero-order valence-corrected chi connectivity index (χ0v) is 26.7. The monoisotopic (exact) mass is 593 g/mol. The minimum atomic E-state index is -0.358. The van der Waals surface area contributed by atoms with Gasteiger partial charge in [0.15, 0.2) is 6.23 Å². The van der Waals surface area contributed by atoms with Crippen LogP contribution in [0.25, 0.3) is 5.57 Å². The maximum absolute atomic E-state index is 13.3. The van der Waals surface area contributed by atoms with Crippen LogP contribution in [0.1, 0.15) is 110 Å². The number of rotatable bonds is 16. The van der Waals surface area contributed by atoms with E-state index in [-0.39, 0.29) is 35.8 Å². The number of piperidine rings is 1. The number of aromatic amines is 1. The Balaban J connectivity index is 1.66. The van der Waals surface area contributed by atoms with Gasteiger partial charge in [-0.3, -0.25) is 14.9 Å². The Hall–Kier alpha value is -2.94. The molecule has 1 aliphatic heterocycles. The average Bonchev–Trinajstić information content (AvgIpc) is 3.82. The van der Waals surface area contributed by atoms with Crippen molar-refractivity contribution in [2.24, 2.45) is 0 Å². The van der Waals surface area contributed by atoms with Crippen LogP contribution in [0.4, 0.5) is 0 Å². The molecule has 2 heterocycles. The third kappa shape index (κ3) is 8.58. The van der Waals surface area contributed by atoms with Crippen LogP contribution in [0.5, 0.6) is 5.75 Å². The topological polar surface area (TPSA) is 102 Å². The van der Waals surface area contributed by atoms with Crippen LogP contribution < -0.4 is 20.9 Å². The molecule has 1 aromatic carbocycles. The molecule has 3 N–H and O–H groups in total. The van der Waals surface area contributed by atoms with Crippen molar-refractivity contribution in [2.45, 2.75) is 115 Å². The van der Waals surface area contributed by atoms with Crippen molar-refractivity contribution in [3.8, 4) is 5.75 Å². The third-order valence-corrected chi connectivity index (χ3v) is 8.80. The predicted molar refractivity (Wildman–Crippen MR) is 172 cm³/mol. The van der Waals surface area contributed by atoms with E-state index in [0.717, 1.165) is 86.6 Å². The van der Waals surface area contributed by atoms with E-state index >= 15 is 0 Å². The largest absolute Gasteiger partial charge is 0.473 e. The quantitative estimate of drug-likeness (QED) is 0.206. The molecule has 1 saturated carbocycles. The number of H-pyrrole nitrogens is 1. The number of amides is 1. The number of methoxy groups -OCH3 is 2. The lowest BCUT2D eigenvalue weighted by atomic mass is 9.86. The standard InChI is InChI=1S/C35H51N3O5/c1-7-8-11-29-31(23(3)30(42-6)12-9-10-21-41-5)32(24(4)33(39)38-29)43-35-28(20-13-22(2)36-35)25-14-16-26(17-15-25)34(40)37-27-18-19-27/h14-17,22,27-28,30,35-36H,3,7-13,18-21H2,1-2,4-6H3,(H,37,40)(H,38,39)/t22?,28?,30?,35-/m1/s1. The Morgan fingerprint density at radius 3 is 2.49 bits per heavy atom. The molecule has 0 radical (unpaired) electrons. The summed E-state index contributed by atoms with van der Waals surface area (Å²) >= 11 is 0. The number of unbranched alkanes of at least 4 members (excludes halogenated alkanes) is 2. The Labute approximate surface area is 257 Å². The minimum Gasteiger partial charge on any atom is -0.473 e. The summed E-state index contributed by atoms with van der Waals surface area (Å²) in [6.45, 7) is 11.3. The lowest BCUT2D eigenvalue weighted by molar-refractivity contribution is 0.0875. The minimum absolute atomic E-state index is 0.0194. The fourth-order valence-corrected chi connectivity index (χ4v) is 5.94. The van der Waals surface area contributed by atoms with Gasteiger partial charge in [0, 0.05) is 55.6 Å². The van der Waals surface area contributed by atoms with Crippen molar-refractivity contribution in [1.29, 1.82) is 0 Å². The van der Waals surface area contributed by atoms with Crippen molar-refractivity contribution >= 4 is 11.5 Å².